The van der Waals surface area contributed by atoms with Gasteiger partial charge >= 0.3 is 0 Å². The smallest absolute Gasteiger partial charge is 0.248 e. The van der Waals surface area contributed by atoms with Crippen LogP contribution in [0.4, 0.5) is 4.39 Å². The Labute approximate surface area is 192 Å². The van der Waals surface area contributed by atoms with Gasteiger partial charge in [0.05, 0.1) is 12.1 Å². The molecule has 7 heteroatoms. The highest BCUT2D eigenvalue weighted by Crippen LogP contribution is 2.33. The standard InChI is InChI=1S/C25H41FN4O2/c1-5-8-20(24(27)31)10-6-11-23(29(3)4)22-18-30(14-12-25(22,2)32)13-7-9-19-15-21(26)17-28-16-19/h6,8,10,15-16,21-23,32H,5,7,9,11-14,17-18H2,1-4H3,(H2,27,31)/b10-6-,20-8+/t21?,22?,23?,25-/m1/s1. The number of amides is 1. The van der Waals surface area contributed by atoms with E-state index in [0.29, 0.717) is 12.0 Å². The topological polar surface area (TPSA) is 82.2 Å². The molecular weight excluding hydrogens is 407 g/mol. The molecule has 6 nitrogen and oxygen atoms in total. The number of aliphatic imine (C=N–C) groups is 1. The van der Waals surface area contributed by atoms with Crippen LogP contribution < -0.4 is 5.73 Å². The van der Waals surface area contributed by atoms with Gasteiger partial charge in [-0.1, -0.05) is 25.2 Å². The number of alkyl halides is 1. The van der Waals surface area contributed by atoms with Crippen molar-refractivity contribution < 1.29 is 14.3 Å². The van der Waals surface area contributed by atoms with Crippen LogP contribution in [0.5, 0.6) is 0 Å². The van der Waals surface area contributed by atoms with Gasteiger partial charge in [-0.25, -0.2) is 4.39 Å². The number of likely N-dealkylation sites (tertiary alicyclic amines) is 1. The number of dihydropyridines is 1. The molecule has 0 spiro atoms. The summed E-state index contributed by atoms with van der Waals surface area (Å²) in [4.78, 5) is 20.2. The van der Waals surface area contributed by atoms with Crippen molar-refractivity contribution in [1.29, 1.82) is 0 Å². The van der Waals surface area contributed by atoms with Gasteiger partial charge in [0, 0.05) is 36.8 Å². The third-order valence-corrected chi connectivity index (χ3v) is 6.57. The van der Waals surface area contributed by atoms with Crippen LogP contribution in [0.3, 0.4) is 0 Å². The van der Waals surface area contributed by atoms with Crippen molar-refractivity contribution in [3.8, 4) is 0 Å². The molecule has 2 aliphatic rings. The van der Waals surface area contributed by atoms with Crippen LogP contribution in [0, 0.1) is 5.92 Å². The van der Waals surface area contributed by atoms with E-state index >= 15 is 0 Å². The van der Waals surface area contributed by atoms with Crippen molar-refractivity contribution in [2.75, 3.05) is 40.3 Å². The number of hydrogen-bond acceptors (Lipinski definition) is 5. The van der Waals surface area contributed by atoms with Gasteiger partial charge in [-0.3, -0.25) is 9.79 Å². The summed E-state index contributed by atoms with van der Waals surface area (Å²) in [5.41, 5.74) is 6.21. The molecule has 0 radical (unpaired) electrons. The minimum absolute atomic E-state index is 0.0637. The molecule has 1 amide bonds. The van der Waals surface area contributed by atoms with Crippen LogP contribution in [-0.4, -0.2) is 85.1 Å². The first-order valence-corrected chi connectivity index (χ1v) is 11.8. The lowest BCUT2D eigenvalue weighted by atomic mass is 9.76. The number of primary amides is 1. The normalized spacial score (nSPS) is 28.3. The SMILES string of the molecule is CC/C=C(\C=C/CC(C1CN(CCCC2=CC(F)CN=C2)CC[C@@]1(C)O)N(C)C)C(N)=O. The number of aliphatic hydroxyl groups is 1. The first kappa shape index (κ1) is 26.4. The number of piperidine rings is 1. The quantitative estimate of drug-likeness (QED) is 0.376. The molecule has 0 aromatic carbocycles. The van der Waals surface area contributed by atoms with E-state index in [4.69, 9.17) is 5.73 Å². The third-order valence-electron chi connectivity index (χ3n) is 6.57. The summed E-state index contributed by atoms with van der Waals surface area (Å²) in [7, 11) is 4.07. The van der Waals surface area contributed by atoms with Gasteiger partial charge in [-0.15, -0.1) is 0 Å². The zero-order valence-corrected chi connectivity index (χ0v) is 20.1. The number of halogens is 1. The molecule has 0 aromatic rings. The van der Waals surface area contributed by atoms with Crippen LogP contribution in [0.2, 0.25) is 0 Å². The molecule has 2 aliphatic heterocycles. The van der Waals surface area contributed by atoms with Gasteiger partial charge in [0.2, 0.25) is 5.91 Å². The number of allylic oxidation sites excluding steroid dienone is 2. The van der Waals surface area contributed by atoms with Crippen LogP contribution in [0.25, 0.3) is 0 Å². The van der Waals surface area contributed by atoms with Crippen LogP contribution in [0.1, 0.15) is 46.0 Å². The summed E-state index contributed by atoms with van der Waals surface area (Å²) in [6, 6.07) is 0.125. The van der Waals surface area contributed by atoms with Crippen molar-refractivity contribution in [1.82, 2.24) is 9.80 Å². The lowest BCUT2D eigenvalue weighted by Crippen LogP contribution is -2.57. The number of nitrogens with zero attached hydrogens (tertiary/aromatic N) is 3. The Kier molecular flexibility index (Phi) is 10.3. The first-order valence-electron chi connectivity index (χ1n) is 11.8. The molecule has 3 N–H and O–H groups in total. The number of nitrogens with two attached hydrogens (primary N) is 1. The largest absolute Gasteiger partial charge is 0.390 e. The van der Waals surface area contributed by atoms with Gasteiger partial charge < -0.3 is 20.6 Å². The molecule has 4 atom stereocenters. The van der Waals surface area contributed by atoms with Crippen LogP contribution in [0.15, 0.2) is 40.4 Å². The van der Waals surface area contributed by atoms with E-state index < -0.39 is 17.7 Å². The molecule has 0 bridgehead atoms. The predicted molar refractivity (Wildman–Crippen MR) is 130 cm³/mol. The molecule has 32 heavy (non-hydrogen) atoms. The molecule has 1 saturated heterocycles. The fourth-order valence-electron chi connectivity index (χ4n) is 4.67. The van der Waals surface area contributed by atoms with E-state index in [0.717, 1.165) is 50.9 Å². The third kappa shape index (κ3) is 7.94. The Balaban J connectivity index is 2.00. The zero-order valence-electron chi connectivity index (χ0n) is 20.1. The van der Waals surface area contributed by atoms with Crippen molar-refractivity contribution in [2.24, 2.45) is 16.6 Å². The summed E-state index contributed by atoms with van der Waals surface area (Å²) in [5, 5.41) is 11.2. The van der Waals surface area contributed by atoms with E-state index in [-0.39, 0.29) is 18.5 Å². The molecule has 0 aromatic heterocycles. The minimum atomic E-state index is -0.958. The van der Waals surface area contributed by atoms with Crippen LogP contribution >= 0.6 is 0 Å². The summed E-state index contributed by atoms with van der Waals surface area (Å²) in [6.45, 7) is 6.71. The fourth-order valence-corrected chi connectivity index (χ4v) is 4.67. The first-order chi connectivity index (χ1) is 15.1. The van der Waals surface area contributed by atoms with E-state index in [9.17, 15) is 14.3 Å². The van der Waals surface area contributed by atoms with Gasteiger partial charge in [0.15, 0.2) is 0 Å². The highest BCUT2D eigenvalue weighted by atomic mass is 19.1. The minimum Gasteiger partial charge on any atom is -0.390 e. The summed E-state index contributed by atoms with van der Waals surface area (Å²) in [5.74, 6) is -0.355. The summed E-state index contributed by atoms with van der Waals surface area (Å²) in [6.07, 6.45) is 12.1. The highest BCUT2D eigenvalue weighted by Gasteiger charge is 2.42. The Bertz CT molecular complexity index is 742. The average molecular weight is 449 g/mol. The molecular formula is C25H41FN4O2. The second-order valence-electron chi connectivity index (χ2n) is 9.47. The highest BCUT2D eigenvalue weighted by molar-refractivity contribution is 5.94. The second-order valence-corrected chi connectivity index (χ2v) is 9.47. The average Bonchev–Trinajstić information content (AvgIpc) is 2.71. The van der Waals surface area contributed by atoms with E-state index in [1.54, 1.807) is 18.4 Å². The molecule has 2 heterocycles. The lowest BCUT2D eigenvalue weighted by molar-refractivity contribution is -0.114. The van der Waals surface area contributed by atoms with Gasteiger partial charge in [0.25, 0.3) is 0 Å². The predicted octanol–water partition coefficient (Wildman–Crippen LogP) is 2.89. The molecule has 0 aliphatic carbocycles. The van der Waals surface area contributed by atoms with E-state index in [2.05, 4.69) is 14.8 Å². The Hall–Kier alpha value is -1.83. The molecule has 180 valence electrons. The molecule has 1 fully saturated rings. The van der Waals surface area contributed by atoms with Gasteiger partial charge in [-0.2, -0.15) is 0 Å². The van der Waals surface area contributed by atoms with E-state index in [1.807, 2.05) is 40.1 Å². The zero-order chi connectivity index (χ0) is 23.7. The Morgan fingerprint density at radius 3 is 2.88 bits per heavy atom. The van der Waals surface area contributed by atoms with Crippen molar-refractivity contribution in [2.45, 2.75) is 63.8 Å². The maximum Gasteiger partial charge on any atom is 0.248 e. The Morgan fingerprint density at radius 1 is 1.50 bits per heavy atom. The Morgan fingerprint density at radius 2 is 2.25 bits per heavy atom. The van der Waals surface area contributed by atoms with Crippen molar-refractivity contribution >= 4 is 12.1 Å². The van der Waals surface area contributed by atoms with E-state index in [1.165, 1.54) is 0 Å². The molecule has 2 rings (SSSR count). The van der Waals surface area contributed by atoms with Gasteiger partial charge in [-0.05, 0) is 71.3 Å². The molecule has 0 saturated carbocycles. The number of carbonyl (C=O) groups excluding carboxylic acids is 1. The van der Waals surface area contributed by atoms with Gasteiger partial charge in [0.1, 0.15) is 6.17 Å². The maximum atomic E-state index is 13.5. The van der Waals surface area contributed by atoms with Crippen molar-refractivity contribution in [3.63, 3.8) is 0 Å². The van der Waals surface area contributed by atoms with Crippen LogP contribution in [-0.2, 0) is 4.79 Å². The summed E-state index contributed by atoms with van der Waals surface area (Å²) >= 11 is 0. The van der Waals surface area contributed by atoms with Crippen molar-refractivity contribution in [3.05, 3.63) is 35.5 Å². The number of carbonyl (C=O) groups is 1. The second kappa shape index (κ2) is 12.4. The lowest BCUT2D eigenvalue weighted by Gasteiger charge is -2.47. The number of rotatable bonds is 11. The fraction of sp³-hybridized carbons (Fsp3) is 0.680. The maximum absolute atomic E-state index is 13.5. The monoisotopic (exact) mass is 448 g/mol. The molecule has 3 unspecified atom stereocenters. The number of hydrogen-bond donors (Lipinski definition) is 2. The summed E-state index contributed by atoms with van der Waals surface area (Å²) < 4.78 is 13.5.